The molecule has 19 heavy (non-hydrogen) atoms. The van der Waals surface area contributed by atoms with Crippen LogP contribution in [0.3, 0.4) is 0 Å². The van der Waals surface area contributed by atoms with Crippen molar-refractivity contribution in [1.82, 2.24) is 9.97 Å². The zero-order valence-electron chi connectivity index (χ0n) is 10.6. The van der Waals surface area contributed by atoms with Gasteiger partial charge in [-0.25, -0.2) is 4.98 Å². The number of carboxylic acid groups (broad SMARTS) is 1. The number of hydrogen-bond acceptors (Lipinski definition) is 5. The van der Waals surface area contributed by atoms with Crippen molar-refractivity contribution in [3.63, 3.8) is 0 Å². The van der Waals surface area contributed by atoms with Gasteiger partial charge in [0.1, 0.15) is 11.3 Å². The summed E-state index contributed by atoms with van der Waals surface area (Å²) < 4.78 is 5.12. The summed E-state index contributed by atoms with van der Waals surface area (Å²) in [4.78, 5) is 18.4. The molecule has 0 spiro atoms. The lowest BCUT2D eigenvalue weighted by Crippen LogP contribution is -2.47. The van der Waals surface area contributed by atoms with Crippen LogP contribution in [0.2, 0.25) is 0 Å². The molecule has 0 saturated carbocycles. The van der Waals surface area contributed by atoms with E-state index in [0.29, 0.717) is 5.16 Å². The highest BCUT2D eigenvalue weighted by molar-refractivity contribution is 7.99. The highest BCUT2D eigenvalue weighted by Gasteiger charge is 2.28. The molecule has 2 rings (SSSR count). The Kier molecular flexibility index (Phi) is 3.68. The fraction of sp³-hybridized carbons (Fsp3) is 0.333. The van der Waals surface area contributed by atoms with E-state index in [1.807, 2.05) is 18.2 Å². The summed E-state index contributed by atoms with van der Waals surface area (Å²) in [6, 6.07) is 5.50. The van der Waals surface area contributed by atoms with Gasteiger partial charge in [-0.3, -0.25) is 4.79 Å². The molecule has 0 aliphatic heterocycles. The van der Waals surface area contributed by atoms with E-state index in [1.165, 1.54) is 18.7 Å². The molecule has 0 radical (unpaired) electrons. The van der Waals surface area contributed by atoms with Crippen LogP contribution in [0.1, 0.15) is 6.92 Å². The van der Waals surface area contributed by atoms with Gasteiger partial charge in [-0.1, -0.05) is 11.8 Å². The molecular formula is C12H15N3O3S. The summed E-state index contributed by atoms with van der Waals surface area (Å²) in [5.74, 6) is -0.0566. The second-order valence-corrected chi connectivity index (χ2v) is 5.40. The van der Waals surface area contributed by atoms with Crippen LogP contribution >= 0.6 is 11.8 Å². The number of benzene rings is 1. The van der Waals surface area contributed by atoms with E-state index in [9.17, 15) is 4.79 Å². The molecule has 1 heterocycles. The van der Waals surface area contributed by atoms with E-state index in [-0.39, 0.29) is 5.75 Å². The largest absolute Gasteiger partial charge is 0.497 e. The summed E-state index contributed by atoms with van der Waals surface area (Å²) in [7, 11) is 1.60. The van der Waals surface area contributed by atoms with Gasteiger partial charge in [-0.2, -0.15) is 0 Å². The number of imidazole rings is 1. The van der Waals surface area contributed by atoms with Crippen LogP contribution in [0, 0.1) is 0 Å². The molecular weight excluding hydrogens is 266 g/mol. The molecule has 1 atom stereocenters. The van der Waals surface area contributed by atoms with Gasteiger partial charge in [0, 0.05) is 11.8 Å². The van der Waals surface area contributed by atoms with Crippen molar-refractivity contribution in [2.45, 2.75) is 17.6 Å². The maximum absolute atomic E-state index is 10.9. The van der Waals surface area contributed by atoms with Crippen LogP contribution in [0.4, 0.5) is 0 Å². The summed E-state index contributed by atoms with van der Waals surface area (Å²) in [5.41, 5.74) is 6.04. The van der Waals surface area contributed by atoms with Gasteiger partial charge in [0.25, 0.3) is 0 Å². The fourth-order valence-corrected chi connectivity index (χ4v) is 2.35. The topological polar surface area (TPSA) is 101 Å². The molecule has 0 amide bonds. The maximum Gasteiger partial charge on any atom is 0.324 e. The van der Waals surface area contributed by atoms with Gasteiger partial charge >= 0.3 is 5.97 Å². The number of fused-ring (bicyclic) bond motifs is 1. The Labute approximate surface area is 114 Å². The number of thioether (sulfide) groups is 1. The lowest BCUT2D eigenvalue weighted by Gasteiger charge is -2.17. The average Bonchev–Trinajstić information content (AvgIpc) is 2.77. The monoisotopic (exact) mass is 281 g/mol. The minimum Gasteiger partial charge on any atom is -0.497 e. The predicted molar refractivity (Wildman–Crippen MR) is 73.6 cm³/mol. The number of ether oxygens (including phenoxy) is 1. The molecule has 2 aromatic rings. The van der Waals surface area contributed by atoms with Crippen molar-refractivity contribution >= 4 is 28.8 Å². The first-order valence-electron chi connectivity index (χ1n) is 5.61. The number of H-pyrrole nitrogens is 1. The summed E-state index contributed by atoms with van der Waals surface area (Å²) in [6.07, 6.45) is 0. The number of nitrogens with two attached hydrogens (primary N) is 1. The van der Waals surface area contributed by atoms with Gasteiger partial charge < -0.3 is 20.6 Å². The predicted octanol–water partition coefficient (Wildman–Crippen LogP) is 1.47. The van der Waals surface area contributed by atoms with Gasteiger partial charge in [0.2, 0.25) is 0 Å². The minimum absolute atomic E-state index is 0.235. The first-order chi connectivity index (χ1) is 8.92. The summed E-state index contributed by atoms with van der Waals surface area (Å²) in [5, 5.41) is 9.58. The molecule has 0 aliphatic rings. The molecule has 102 valence electrons. The first kappa shape index (κ1) is 13.7. The van der Waals surface area contributed by atoms with Crippen molar-refractivity contribution in [3.8, 4) is 5.75 Å². The molecule has 0 fully saturated rings. The molecule has 0 saturated heterocycles. The highest BCUT2D eigenvalue weighted by atomic mass is 32.2. The van der Waals surface area contributed by atoms with E-state index in [1.54, 1.807) is 7.11 Å². The summed E-state index contributed by atoms with van der Waals surface area (Å²) >= 11 is 1.28. The van der Waals surface area contributed by atoms with Gasteiger partial charge in [0.15, 0.2) is 5.16 Å². The van der Waals surface area contributed by atoms with E-state index in [2.05, 4.69) is 9.97 Å². The smallest absolute Gasteiger partial charge is 0.324 e. The van der Waals surface area contributed by atoms with Crippen molar-refractivity contribution in [3.05, 3.63) is 18.2 Å². The van der Waals surface area contributed by atoms with Crippen LogP contribution in [-0.4, -0.2) is 39.4 Å². The Hall–Kier alpha value is -1.73. The molecule has 0 bridgehead atoms. The molecule has 0 aliphatic carbocycles. The number of carbonyl (C=O) groups is 1. The minimum atomic E-state index is -1.28. The van der Waals surface area contributed by atoms with Crippen LogP contribution < -0.4 is 10.5 Å². The summed E-state index contributed by atoms with van der Waals surface area (Å²) in [6.45, 7) is 1.48. The van der Waals surface area contributed by atoms with Crippen molar-refractivity contribution in [2.75, 3.05) is 12.9 Å². The Morgan fingerprint density at radius 1 is 1.63 bits per heavy atom. The number of nitrogens with one attached hydrogen (secondary N) is 1. The Balaban J connectivity index is 2.16. The standard InChI is InChI=1S/C12H15N3O3S/c1-12(13,10(16)17)6-19-11-14-8-4-3-7(18-2)5-9(8)15-11/h3-5H,6,13H2,1-2H3,(H,14,15)(H,16,17). The Morgan fingerprint density at radius 3 is 3.00 bits per heavy atom. The third-order valence-electron chi connectivity index (χ3n) is 2.66. The molecule has 4 N–H and O–H groups in total. The van der Waals surface area contributed by atoms with E-state index in [0.717, 1.165) is 16.8 Å². The lowest BCUT2D eigenvalue weighted by atomic mass is 10.1. The SMILES string of the molecule is COc1ccc2nc(SCC(C)(N)C(=O)O)[nH]c2c1. The molecule has 1 aromatic carbocycles. The maximum atomic E-state index is 10.9. The van der Waals surface area contributed by atoms with E-state index < -0.39 is 11.5 Å². The van der Waals surface area contributed by atoms with Gasteiger partial charge in [-0.05, 0) is 19.1 Å². The average molecular weight is 281 g/mol. The van der Waals surface area contributed by atoms with Crippen LogP contribution in [0.25, 0.3) is 11.0 Å². The third-order valence-corrected chi connectivity index (χ3v) is 3.88. The third kappa shape index (κ3) is 2.99. The number of hydrogen-bond donors (Lipinski definition) is 3. The number of aromatic amines is 1. The lowest BCUT2D eigenvalue weighted by molar-refractivity contribution is -0.141. The van der Waals surface area contributed by atoms with Gasteiger partial charge in [0.05, 0.1) is 18.1 Å². The molecule has 1 aromatic heterocycles. The number of methoxy groups -OCH3 is 1. The Morgan fingerprint density at radius 2 is 2.37 bits per heavy atom. The van der Waals surface area contributed by atoms with Crippen LogP contribution in [0.5, 0.6) is 5.75 Å². The van der Waals surface area contributed by atoms with Crippen LogP contribution in [0.15, 0.2) is 23.4 Å². The second kappa shape index (κ2) is 5.10. The zero-order chi connectivity index (χ0) is 14.0. The molecule has 1 unspecified atom stereocenters. The van der Waals surface area contributed by atoms with E-state index in [4.69, 9.17) is 15.6 Å². The quantitative estimate of drug-likeness (QED) is 0.717. The fourth-order valence-electron chi connectivity index (χ4n) is 1.44. The van der Waals surface area contributed by atoms with E-state index >= 15 is 0 Å². The second-order valence-electron chi connectivity index (χ2n) is 4.44. The molecule has 6 nitrogen and oxygen atoms in total. The number of aromatic nitrogens is 2. The van der Waals surface area contributed by atoms with Crippen molar-refractivity contribution in [2.24, 2.45) is 5.73 Å². The highest BCUT2D eigenvalue weighted by Crippen LogP contribution is 2.24. The normalized spacial score (nSPS) is 14.3. The van der Waals surface area contributed by atoms with Crippen molar-refractivity contribution < 1.29 is 14.6 Å². The number of rotatable bonds is 5. The number of carboxylic acids is 1. The first-order valence-corrected chi connectivity index (χ1v) is 6.60. The van der Waals surface area contributed by atoms with Crippen molar-refractivity contribution in [1.29, 1.82) is 0 Å². The number of aliphatic carboxylic acids is 1. The Bertz CT molecular complexity index is 609. The molecule has 7 heteroatoms. The number of nitrogens with zero attached hydrogens (tertiary/aromatic N) is 1. The van der Waals surface area contributed by atoms with Gasteiger partial charge in [-0.15, -0.1) is 0 Å². The zero-order valence-corrected chi connectivity index (χ0v) is 11.5. The van der Waals surface area contributed by atoms with Crippen LogP contribution in [-0.2, 0) is 4.79 Å².